The molecule has 0 aromatic rings. The van der Waals surface area contributed by atoms with Crippen LogP contribution in [0.4, 0.5) is 0 Å². The summed E-state index contributed by atoms with van der Waals surface area (Å²) in [5.41, 5.74) is 0.0725. The quantitative estimate of drug-likeness (QED) is 0.799. The molecular weight excluding hydrogens is 226 g/mol. The summed E-state index contributed by atoms with van der Waals surface area (Å²) >= 11 is 0. The number of carbonyl (C=O) groups is 1. The van der Waals surface area contributed by atoms with Crippen molar-refractivity contribution < 1.29 is 4.79 Å². The van der Waals surface area contributed by atoms with Crippen LogP contribution < -0.4 is 5.32 Å². The van der Waals surface area contributed by atoms with Gasteiger partial charge in [0.2, 0.25) is 5.91 Å². The van der Waals surface area contributed by atoms with E-state index in [0.717, 1.165) is 32.7 Å². The molecule has 0 bridgehead atoms. The smallest absolute Gasteiger partial charge is 0.239 e. The Balaban J connectivity index is 2.00. The largest absolute Gasteiger partial charge is 0.341 e. The van der Waals surface area contributed by atoms with Gasteiger partial charge in [-0.1, -0.05) is 0 Å². The van der Waals surface area contributed by atoms with Gasteiger partial charge >= 0.3 is 0 Å². The average molecular weight is 253 g/mol. The molecule has 1 N–H and O–H groups in total. The van der Waals surface area contributed by atoms with Crippen LogP contribution in [0.3, 0.4) is 0 Å². The molecule has 18 heavy (non-hydrogen) atoms. The van der Waals surface area contributed by atoms with Crippen LogP contribution in [0.1, 0.15) is 40.0 Å². The fraction of sp³-hybridized carbons (Fsp3) is 0.929. The van der Waals surface area contributed by atoms with Gasteiger partial charge in [-0.3, -0.25) is 9.69 Å². The third-order valence-electron chi connectivity index (χ3n) is 4.36. The zero-order valence-electron chi connectivity index (χ0n) is 12.0. The molecule has 0 radical (unpaired) electrons. The second-order valence-corrected chi connectivity index (χ2v) is 6.24. The molecule has 2 aliphatic rings. The van der Waals surface area contributed by atoms with Crippen LogP contribution in [0.2, 0.25) is 0 Å². The van der Waals surface area contributed by atoms with E-state index in [9.17, 15) is 4.79 Å². The average Bonchev–Trinajstić information content (AvgIpc) is 2.37. The molecule has 1 unspecified atom stereocenters. The number of hydrogen-bond donors (Lipinski definition) is 1. The first kappa shape index (κ1) is 13.8. The normalized spacial score (nSPS) is 26.9. The van der Waals surface area contributed by atoms with Crippen LogP contribution in [-0.2, 0) is 4.79 Å². The molecule has 0 spiro atoms. The van der Waals surface area contributed by atoms with Gasteiger partial charge in [0.05, 0.1) is 6.04 Å². The topological polar surface area (TPSA) is 35.6 Å². The van der Waals surface area contributed by atoms with E-state index in [4.69, 9.17) is 0 Å². The molecule has 4 heteroatoms. The van der Waals surface area contributed by atoms with Gasteiger partial charge in [-0.25, -0.2) is 0 Å². The maximum absolute atomic E-state index is 12.5. The third kappa shape index (κ3) is 2.86. The van der Waals surface area contributed by atoms with E-state index in [2.05, 4.69) is 35.9 Å². The summed E-state index contributed by atoms with van der Waals surface area (Å²) < 4.78 is 0. The highest BCUT2D eigenvalue weighted by atomic mass is 16.2. The second-order valence-electron chi connectivity index (χ2n) is 6.24. The van der Waals surface area contributed by atoms with E-state index in [1.807, 2.05) is 0 Å². The Morgan fingerprint density at radius 3 is 2.44 bits per heavy atom. The molecule has 4 nitrogen and oxygen atoms in total. The number of piperidine rings is 1. The summed E-state index contributed by atoms with van der Waals surface area (Å²) in [6, 6.07) is 0.0141. The maximum Gasteiger partial charge on any atom is 0.239 e. The van der Waals surface area contributed by atoms with Gasteiger partial charge in [-0.05, 0) is 40.0 Å². The number of hydrogen-bond acceptors (Lipinski definition) is 3. The van der Waals surface area contributed by atoms with E-state index in [1.54, 1.807) is 0 Å². The van der Waals surface area contributed by atoms with Crippen LogP contribution in [0.5, 0.6) is 0 Å². The van der Waals surface area contributed by atoms with E-state index < -0.39 is 0 Å². The molecule has 0 aromatic heterocycles. The molecule has 2 fully saturated rings. The summed E-state index contributed by atoms with van der Waals surface area (Å²) in [4.78, 5) is 17.0. The van der Waals surface area contributed by atoms with Gasteiger partial charge in [0, 0.05) is 38.3 Å². The van der Waals surface area contributed by atoms with Gasteiger partial charge in [-0.2, -0.15) is 0 Å². The molecule has 2 heterocycles. The molecule has 104 valence electrons. The zero-order chi connectivity index (χ0) is 13.2. The number of piperazine rings is 1. The minimum atomic E-state index is 0.0141. The lowest BCUT2D eigenvalue weighted by Gasteiger charge is -2.46. The van der Waals surface area contributed by atoms with Crippen molar-refractivity contribution in [2.24, 2.45) is 0 Å². The number of carbonyl (C=O) groups excluding carboxylic acids is 1. The number of nitrogens with zero attached hydrogens (tertiary/aromatic N) is 2. The third-order valence-corrected chi connectivity index (χ3v) is 4.36. The van der Waals surface area contributed by atoms with Gasteiger partial charge < -0.3 is 10.2 Å². The van der Waals surface area contributed by atoms with Crippen LogP contribution in [0.25, 0.3) is 0 Å². The van der Waals surface area contributed by atoms with Gasteiger partial charge in [0.1, 0.15) is 0 Å². The Labute approximate surface area is 111 Å². The van der Waals surface area contributed by atoms with Crippen molar-refractivity contribution in [3.8, 4) is 0 Å². The lowest BCUT2D eigenvalue weighted by Crippen LogP contribution is -2.63. The molecular formula is C14H27N3O. The maximum atomic E-state index is 12.5. The molecule has 2 saturated heterocycles. The SMILES string of the molecule is CC(C(=O)N1CCCCC1)N1CCNCC1(C)C. The van der Waals surface area contributed by atoms with Crippen molar-refractivity contribution in [2.45, 2.75) is 51.6 Å². The predicted octanol–water partition coefficient (Wildman–Crippen LogP) is 1.07. The molecule has 0 aromatic carbocycles. The molecule has 0 aliphatic carbocycles. The first-order valence-electron chi connectivity index (χ1n) is 7.28. The fourth-order valence-electron chi connectivity index (χ4n) is 3.23. The summed E-state index contributed by atoms with van der Waals surface area (Å²) in [5.74, 6) is 0.324. The zero-order valence-corrected chi connectivity index (χ0v) is 12.0. The second kappa shape index (κ2) is 5.57. The van der Waals surface area contributed by atoms with Crippen LogP contribution in [0.15, 0.2) is 0 Å². The van der Waals surface area contributed by atoms with Crippen molar-refractivity contribution in [1.82, 2.24) is 15.1 Å². The van der Waals surface area contributed by atoms with E-state index in [1.165, 1.54) is 19.3 Å². The number of rotatable bonds is 2. The minimum absolute atomic E-state index is 0.0141. The lowest BCUT2D eigenvalue weighted by molar-refractivity contribution is -0.140. The predicted molar refractivity (Wildman–Crippen MR) is 73.5 cm³/mol. The van der Waals surface area contributed by atoms with Gasteiger partial charge in [0.15, 0.2) is 0 Å². The van der Waals surface area contributed by atoms with Gasteiger partial charge in [-0.15, -0.1) is 0 Å². The van der Waals surface area contributed by atoms with Crippen molar-refractivity contribution in [2.75, 3.05) is 32.7 Å². The molecule has 2 aliphatic heterocycles. The Kier molecular flexibility index (Phi) is 4.28. The Bertz CT molecular complexity index is 297. The van der Waals surface area contributed by atoms with Crippen molar-refractivity contribution in [3.05, 3.63) is 0 Å². The number of likely N-dealkylation sites (tertiary alicyclic amines) is 1. The summed E-state index contributed by atoms with van der Waals surface area (Å²) in [5, 5.41) is 3.41. The van der Waals surface area contributed by atoms with E-state index in [-0.39, 0.29) is 11.6 Å². The molecule has 1 atom stereocenters. The number of nitrogens with one attached hydrogen (secondary N) is 1. The Morgan fingerprint density at radius 1 is 1.17 bits per heavy atom. The van der Waals surface area contributed by atoms with E-state index in [0.29, 0.717) is 5.91 Å². The van der Waals surface area contributed by atoms with Crippen molar-refractivity contribution in [3.63, 3.8) is 0 Å². The summed E-state index contributed by atoms with van der Waals surface area (Å²) in [7, 11) is 0. The summed E-state index contributed by atoms with van der Waals surface area (Å²) in [6.07, 6.45) is 3.62. The Hall–Kier alpha value is -0.610. The van der Waals surface area contributed by atoms with Crippen molar-refractivity contribution >= 4 is 5.91 Å². The lowest BCUT2D eigenvalue weighted by atomic mass is 9.97. The van der Waals surface area contributed by atoms with Crippen LogP contribution >= 0.6 is 0 Å². The monoisotopic (exact) mass is 253 g/mol. The molecule has 1 amide bonds. The molecule has 2 rings (SSSR count). The highest BCUT2D eigenvalue weighted by molar-refractivity contribution is 5.81. The Morgan fingerprint density at radius 2 is 1.83 bits per heavy atom. The van der Waals surface area contributed by atoms with Crippen LogP contribution in [0, 0.1) is 0 Å². The standard InChI is InChI=1S/C14H27N3O/c1-12(13(18)16-8-5-4-6-9-16)17-10-7-15-11-14(17,2)3/h12,15H,4-11H2,1-3H3. The minimum Gasteiger partial charge on any atom is -0.341 e. The molecule has 0 saturated carbocycles. The van der Waals surface area contributed by atoms with E-state index >= 15 is 0 Å². The van der Waals surface area contributed by atoms with Crippen molar-refractivity contribution in [1.29, 1.82) is 0 Å². The highest BCUT2D eigenvalue weighted by Crippen LogP contribution is 2.21. The first-order valence-corrected chi connectivity index (χ1v) is 7.28. The van der Waals surface area contributed by atoms with Gasteiger partial charge in [0.25, 0.3) is 0 Å². The highest BCUT2D eigenvalue weighted by Gasteiger charge is 2.37. The number of amides is 1. The first-order chi connectivity index (χ1) is 8.52. The fourth-order valence-corrected chi connectivity index (χ4v) is 3.23. The summed E-state index contributed by atoms with van der Waals surface area (Å²) in [6.45, 7) is 11.3. The van der Waals surface area contributed by atoms with Crippen LogP contribution in [-0.4, -0.2) is 60.0 Å².